The molecular weight excluding hydrogens is 457 g/mol. The van der Waals surface area contributed by atoms with Crippen LogP contribution < -0.4 is 10.2 Å². The number of para-hydroxylation sites is 1. The molecule has 150 valence electrons. The Bertz CT molecular complexity index is 647. The number of hydrogen-bond donors (Lipinski definition) is 1. The lowest BCUT2D eigenvalue weighted by molar-refractivity contribution is -0.127. The van der Waals surface area contributed by atoms with Gasteiger partial charge in [-0.2, -0.15) is 0 Å². The lowest BCUT2D eigenvalue weighted by Crippen LogP contribution is -2.46. The number of aliphatic imine (C=N–C) groups is 1. The van der Waals surface area contributed by atoms with Crippen LogP contribution in [0.25, 0.3) is 0 Å². The predicted octanol–water partition coefficient (Wildman–Crippen LogP) is 1.03. The van der Waals surface area contributed by atoms with Crippen molar-refractivity contribution in [2.75, 3.05) is 71.5 Å². The van der Waals surface area contributed by atoms with E-state index in [1.165, 1.54) is 11.3 Å². The molecular formula is C19H30IN5O2. The number of nitrogens with one attached hydrogen (secondary N) is 1. The summed E-state index contributed by atoms with van der Waals surface area (Å²) in [7, 11) is 3.52. The van der Waals surface area contributed by atoms with Crippen molar-refractivity contribution in [3.8, 4) is 0 Å². The van der Waals surface area contributed by atoms with Crippen molar-refractivity contribution in [1.82, 2.24) is 15.1 Å². The second kappa shape index (κ2) is 10.8. The standard InChI is InChI=1S/C19H29N5O2.HI/c1-22(2)18(25)15-21-19(20-8-10-23-11-13-26-14-12-23)24-9-7-16-5-3-4-6-17(16)24;/h3-6H,7-15H2,1-2H3,(H,20,21);1H. The van der Waals surface area contributed by atoms with Crippen LogP contribution in [0.2, 0.25) is 0 Å². The smallest absolute Gasteiger partial charge is 0.243 e. The lowest BCUT2D eigenvalue weighted by Gasteiger charge is -2.28. The fraction of sp³-hybridized carbons (Fsp3) is 0.579. The van der Waals surface area contributed by atoms with Gasteiger partial charge < -0.3 is 19.9 Å². The number of benzene rings is 1. The summed E-state index contributed by atoms with van der Waals surface area (Å²) in [6.45, 7) is 6.34. The number of guanidine groups is 1. The zero-order valence-corrected chi connectivity index (χ0v) is 18.5. The number of ether oxygens (including phenoxy) is 1. The van der Waals surface area contributed by atoms with Gasteiger partial charge in [-0.05, 0) is 18.1 Å². The van der Waals surface area contributed by atoms with Crippen LogP contribution in [-0.2, 0) is 16.0 Å². The van der Waals surface area contributed by atoms with E-state index in [9.17, 15) is 4.79 Å². The van der Waals surface area contributed by atoms with Gasteiger partial charge in [0.05, 0.1) is 13.2 Å². The van der Waals surface area contributed by atoms with Gasteiger partial charge >= 0.3 is 0 Å². The molecule has 0 saturated carbocycles. The summed E-state index contributed by atoms with van der Waals surface area (Å²) in [4.78, 5) is 22.7. The number of carbonyl (C=O) groups excluding carboxylic acids is 1. The van der Waals surface area contributed by atoms with Crippen molar-refractivity contribution in [3.63, 3.8) is 0 Å². The number of morpholine rings is 1. The highest BCUT2D eigenvalue weighted by molar-refractivity contribution is 14.0. The molecule has 1 amide bonds. The molecule has 1 fully saturated rings. The van der Waals surface area contributed by atoms with Gasteiger partial charge in [0.25, 0.3) is 0 Å². The van der Waals surface area contributed by atoms with Crippen molar-refractivity contribution in [2.24, 2.45) is 4.99 Å². The van der Waals surface area contributed by atoms with E-state index in [1.54, 1.807) is 19.0 Å². The number of fused-ring (bicyclic) bond motifs is 1. The maximum absolute atomic E-state index is 12.0. The van der Waals surface area contributed by atoms with Crippen LogP contribution in [0.3, 0.4) is 0 Å². The van der Waals surface area contributed by atoms with Gasteiger partial charge in [-0.25, -0.2) is 4.99 Å². The topological polar surface area (TPSA) is 60.4 Å². The Morgan fingerprint density at radius 1 is 1.22 bits per heavy atom. The van der Waals surface area contributed by atoms with Crippen LogP contribution in [0.1, 0.15) is 5.56 Å². The number of likely N-dealkylation sites (N-methyl/N-ethyl adjacent to an activating group) is 1. The summed E-state index contributed by atoms with van der Waals surface area (Å²) < 4.78 is 5.40. The second-order valence-electron chi connectivity index (χ2n) is 6.84. The van der Waals surface area contributed by atoms with Crippen molar-refractivity contribution < 1.29 is 9.53 Å². The Morgan fingerprint density at radius 2 is 1.96 bits per heavy atom. The molecule has 27 heavy (non-hydrogen) atoms. The van der Waals surface area contributed by atoms with E-state index in [0.717, 1.165) is 58.3 Å². The third kappa shape index (κ3) is 6.05. The van der Waals surface area contributed by atoms with Gasteiger partial charge in [-0.1, -0.05) is 18.2 Å². The monoisotopic (exact) mass is 487 g/mol. The first-order valence-corrected chi connectivity index (χ1v) is 9.29. The van der Waals surface area contributed by atoms with Crippen molar-refractivity contribution in [1.29, 1.82) is 0 Å². The largest absolute Gasteiger partial charge is 0.379 e. The molecule has 0 aromatic heterocycles. The number of carbonyl (C=O) groups is 1. The molecule has 1 saturated heterocycles. The fourth-order valence-corrected chi connectivity index (χ4v) is 3.23. The van der Waals surface area contributed by atoms with E-state index in [1.807, 2.05) is 6.07 Å². The van der Waals surface area contributed by atoms with Gasteiger partial charge in [0, 0.05) is 52.5 Å². The molecule has 2 aliphatic rings. The van der Waals surface area contributed by atoms with E-state index < -0.39 is 0 Å². The number of rotatable bonds is 5. The summed E-state index contributed by atoms with van der Waals surface area (Å²) in [5.41, 5.74) is 2.51. The van der Waals surface area contributed by atoms with Gasteiger partial charge in [0.1, 0.15) is 6.54 Å². The Hall–Kier alpha value is -1.39. The molecule has 0 unspecified atom stereocenters. The van der Waals surface area contributed by atoms with Crippen LogP contribution in [-0.4, -0.2) is 88.2 Å². The maximum Gasteiger partial charge on any atom is 0.243 e. The van der Waals surface area contributed by atoms with Crippen LogP contribution >= 0.6 is 24.0 Å². The summed E-state index contributed by atoms with van der Waals surface area (Å²) in [6.07, 6.45) is 1.00. The number of halogens is 1. The predicted molar refractivity (Wildman–Crippen MR) is 119 cm³/mol. The number of hydrogen-bond acceptors (Lipinski definition) is 4. The van der Waals surface area contributed by atoms with Crippen molar-refractivity contribution in [3.05, 3.63) is 29.8 Å². The first-order valence-electron chi connectivity index (χ1n) is 9.29. The van der Waals surface area contributed by atoms with Gasteiger partial charge in [0.2, 0.25) is 5.91 Å². The second-order valence-corrected chi connectivity index (χ2v) is 6.84. The molecule has 0 spiro atoms. The molecule has 7 nitrogen and oxygen atoms in total. The highest BCUT2D eigenvalue weighted by atomic mass is 127. The minimum absolute atomic E-state index is 0. The first kappa shape index (κ1) is 21.9. The van der Waals surface area contributed by atoms with Gasteiger partial charge in [-0.15, -0.1) is 24.0 Å². The molecule has 0 bridgehead atoms. The Balaban J connectivity index is 0.00000261. The fourth-order valence-electron chi connectivity index (χ4n) is 3.23. The van der Waals surface area contributed by atoms with Crippen LogP contribution in [0.4, 0.5) is 5.69 Å². The van der Waals surface area contributed by atoms with E-state index >= 15 is 0 Å². The SMILES string of the molecule is CN(C)C(=O)CN=C(NCCN1CCOCC1)N1CCc2ccccc21.I. The maximum atomic E-state index is 12.0. The zero-order valence-electron chi connectivity index (χ0n) is 16.2. The molecule has 0 aliphatic carbocycles. The minimum Gasteiger partial charge on any atom is -0.379 e. The Kier molecular flexibility index (Phi) is 8.78. The third-order valence-corrected chi connectivity index (χ3v) is 4.82. The number of nitrogens with zero attached hydrogens (tertiary/aromatic N) is 4. The normalized spacial score (nSPS) is 17.3. The van der Waals surface area contributed by atoms with Crippen LogP contribution in [0.15, 0.2) is 29.3 Å². The molecule has 2 aliphatic heterocycles. The van der Waals surface area contributed by atoms with E-state index in [0.29, 0.717) is 0 Å². The average molecular weight is 487 g/mol. The molecule has 8 heteroatoms. The lowest BCUT2D eigenvalue weighted by atomic mass is 10.2. The summed E-state index contributed by atoms with van der Waals surface area (Å²) in [5.74, 6) is 0.795. The molecule has 1 N–H and O–H groups in total. The van der Waals surface area contributed by atoms with Crippen LogP contribution in [0, 0.1) is 0 Å². The minimum atomic E-state index is 0. The highest BCUT2D eigenvalue weighted by Crippen LogP contribution is 2.27. The Morgan fingerprint density at radius 3 is 2.70 bits per heavy atom. The summed E-state index contributed by atoms with van der Waals surface area (Å²) in [5, 5.41) is 3.47. The summed E-state index contributed by atoms with van der Waals surface area (Å²) in [6, 6.07) is 8.40. The molecule has 2 heterocycles. The Labute approximate surface area is 178 Å². The first-order chi connectivity index (χ1) is 12.6. The van der Waals surface area contributed by atoms with Crippen molar-refractivity contribution in [2.45, 2.75) is 6.42 Å². The molecule has 3 rings (SSSR count). The van der Waals surface area contributed by atoms with Gasteiger partial charge in [-0.3, -0.25) is 9.69 Å². The number of anilines is 1. The van der Waals surface area contributed by atoms with Crippen molar-refractivity contribution >= 4 is 41.5 Å². The molecule has 1 aromatic rings. The molecule has 0 radical (unpaired) electrons. The van der Waals surface area contributed by atoms with Crippen LogP contribution in [0.5, 0.6) is 0 Å². The quantitative estimate of drug-likeness (QED) is 0.382. The zero-order chi connectivity index (χ0) is 18.4. The van der Waals surface area contributed by atoms with Gasteiger partial charge in [0.15, 0.2) is 5.96 Å². The molecule has 0 atom stereocenters. The highest BCUT2D eigenvalue weighted by Gasteiger charge is 2.23. The van der Waals surface area contributed by atoms with E-state index in [4.69, 9.17) is 4.74 Å². The van der Waals surface area contributed by atoms with E-state index in [2.05, 4.69) is 38.3 Å². The third-order valence-electron chi connectivity index (χ3n) is 4.82. The summed E-state index contributed by atoms with van der Waals surface area (Å²) >= 11 is 0. The van der Waals surface area contributed by atoms with E-state index in [-0.39, 0.29) is 36.4 Å². The number of amides is 1. The molecule has 1 aromatic carbocycles. The average Bonchev–Trinajstić information content (AvgIpc) is 3.09.